The second-order valence-corrected chi connectivity index (χ2v) is 3.90. The van der Waals surface area contributed by atoms with Crippen molar-refractivity contribution in [3.8, 4) is 5.88 Å². The van der Waals surface area contributed by atoms with Crippen LogP contribution in [0.5, 0.6) is 5.88 Å². The molecule has 3 nitrogen and oxygen atoms in total. The van der Waals surface area contributed by atoms with Crippen LogP contribution in [0.15, 0.2) is 36.4 Å². The van der Waals surface area contributed by atoms with E-state index < -0.39 is 0 Å². The van der Waals surface area contributed by atoms with Crippen LogP contribution in [-0.2, 0) is 0 Å². The number of ether oxygens (including phenoxy) is 1. The van der Waals surface area contributed by atoms with Gasteiger partial charge in [-0.1, -0.05) is 13.2 Å². The summed E-state index contributed by atoms with van der Waals surface area (Å²) >= 11 is 1.55. The smallest absolute Gasteiger partial charge is 0.240 e. The largest absolute Gasteiger partial charge is 0.438 e. The van der Waals surface area contributed by atoms with E-state index in [0.29, 0.717) is 17.5 Å². The summed E-state index contributed by atoms with van der Waals surface area (Å²) in [6, 6.07) is 1.94. The van der Waals surface area contributed by atoms with E-state index in [2.05, 4.69) is 23.1 Å². The number of hydrogen-bond donors (Lipinski definition) is 0. The highest BCUT2D eigenvalue weighted by Crippen LogP contribution is 2.28. The molecule has 0 bridgehead atoms. The molecule has 0 aliphatic rings. The molecule has 0 atom stereocenters. The highest BCUT2D eigenvalue weighted by molar-refractivity contribution is 7.17. The van der Waals surface area contributed by atoms with Gasteiger partial charge in [-0.15, -0.1) is 11.3 Å². The first kappa shape index (κ1) is 9.86. The van der Waals surface area contributed by atoms with Crippen molar-refractivity contribution in [3.63, 3.8) is 0 Å². The summed E-state index contributed by atoms with van der Waals surface area (Å²) in [6.45, 7) is 9.11. The van der Waals surface area contributed by atoms with Crippen LogP contribution < -0.4 is 4.74 Å². The number of rotatable bonds is 3. The van der Waals surface area contributed by atoms with E-state index in [1.165, 1.54) is 0 Å². The summed E-state index contributed by atoms with van der Waals surface area (Å²) in [5.41, 5.74) is 0.902. The van der Waals surface area contributed by atoms with Crippen LogP contribution >= 0.6 is 11.3 Å². The van der Waals surface area contributed by atoms with Gasteiger partial charge in [0.05, 0.1) is 5.52 Å². The number of aryl methyl sites for hydroxylation is 1. The van der Waals surface area contributed by atoms with Crippen molar-refractivity contribution >= 4 is 21.6 Å². The number of hydrogen-bond acceptors (Lipinski definition) is 4. The minimum absolute atomic E-state index is 0.489. The number of aromatic nitrogens is 2. The number of nitrogens with zero attached hydrogens (tertiary/aromatic N) is 2. The van der Waals surface area contributed by atoms with Crippen LogP contribution in [0.1, 0.15) is 5.82 Å². The molecular weight excluding hydrogens is 208 g/mol. The van der Waals surface area contributed by atoms with Gasteiger partial charge < -0.3 is 4.74 Å². The molecule has 0 aromatic carbocycles. The Hall–Kier alpha value is -1.68. The second-order valence-electron chi connectivity index (χ2n) is 2.98. The Morgan fingerprint density at radius 2 is 2.33 bits per heavy atom. The molecular formula is C11H10N2OS. The summed E-state index contributed by atoms with van der Waals surface area (Å²) in [5, 5.41) is 1.96. The highest BCUT2D eigenvalue weighted by atomic mass is 32.1. The topological polar surface area (TPSA) is 35.0 Å². The van der Waals surface area contributed by atoms with Gasteiger partial charge in [0.2, 0.25) is 5.88 Å². The van der Waals surface area contributed by atoms with Crippen molar-refractivity contribution in [1.29, 1.82) is 0 Å². The first-order chi connectivity index (χ1) is 7.20. The van der Waals surface area contributed by atoms with E-state index >= 15 is 0 Å². The maximum absolute atomic E-state index is 5.46. The van der Waals surface area contributed by atoms with Crippen molar-refractivity contribution in [3.05, 3.63) is 42.3 Å². The molecule has 0 spiro atoms. The van der Waals surface area contributed by atoms with Crippen LogP contribution in [0.3, 0.4) is 0 Å². The molecule has 0 aliphatic carbocycles. The average Bonchev–Trinajstić information content (AvgIpc) is 2.65. The van der Waals surface area contributed by atoms with Crippen LogP contribution in [0.4, 0.5) is 0 Å². The van der Waals surface area contributed by atoms with Crippen molar-refractivity contribution in [1.82, 2.24) is 9.97 Å². The Morgan fingerprint density at radius 3 is 3.07 bits per heavy atom. The summed E-state index contributed by atoms with van der Waals surface area (Å²) in [7, 11) is 0. The van der Waals surface area contributed by atoms with Gasteiger partial charge in [0, 0.05) is 0 Å². The molecule has 4 heteroatoms. The Morgan fingerprint density at radius 1 is 1.53 bits per heavy atom. The number of allylic oxidation sites excluding steroid dienone is 1. The van der Waals surface area contributed by atoms with Gasteiger partial charge in [-0.05, 0) is 24.4 Å². The van der Waals surface area contributed by atoms with Crippen molar-refractivity contribution in [2.24, 2.45) is 0 Å². The number of fused-ring (bicyclic) bond motifs is 1. The third-order valence-corrected chi connectivity index (χ3v) is 2.73. The molecule has 76 valence electrons. The molecule has 2 aromatic heterocycles. The van der Waals surface area contributed by atoms with Crippen LogP contribution in [0, 0.1) is 6.92 Å². The monoisotopic (exact) mass is 218 g/mol. The minimum atomic E-state index is 0.489. The molecule has 0 radical (unpaired) electrons. The lowest BCUT2D eigenvalue weighted by molar-refractivity contribution is 0.433. The molecule has 2 aromatic rings. The average molecular weight is 218 g/mol. The minimum Gasteiger partial charge on any atom is -0.438 e. The predicted octanol–water partition coefficient (Wildman–Crippen LogP) is 3.08. The van der Waals surface area contributed by atoms with Crippen LogP contribution in [0.2, 0.25) is 0 Å². The van der Waals surface area contributed by atoms with Crippen molar-refractivity contribution in [2.45, 2.75) is 6.92 Å². The van der Waals surface area contributed by atoms with Gasteiger partial charge >= 0.3 is 0 Å². The van der Waals surface area contributed by atoms with Gasteiger partial charge in [-0.3, -0.25) is 0 Å². The quantitative estimate of drug-likeness (QED) is 0.586. The van der Waals surface area contributed by atoms with Gasteiger partial charge in [0.25, 0.3) is 0 Å². The third kappa shape index (κ3) is 1.89. The fraction of sp³-hybridized carbons (Fsp3) is 0.0909. The second kappa shape index (κ2) is 3.82. The molecule has 0 aliphatic heterocycles. The zero-order valence-corrected chi connectivity index (χ0v) is 9.17. The molecule has 2 rings (SSSR count). The predicted molar refractivity (Wildman–Crippen MR) is 62.1 cm³/mol. The van der Waals surface area contributed by atoms with Crippen molar-refractivity contribution in [2.75, 3.05) is 0 Å². The van der Waals surface area contributed by atoms with E-state index in [9.17, 15) is 0 Å². The first-order valence-electron chi connectivity index (χ1n) is 4.41. The Kier molecular flexibility index (Phi) is 2.51. The molecule has 0 fully saturated rings. The summed E-state index contributed by atoms with van der Waals surface area (Å²) in [6.07, 6.45) is 1.55. The molecule has 15 heavy (non-hydrogen) atoms. The Bertz CT molecular complexity index is 530. The van der Waals surface area contributed by atoms with Gasteiger partial charge in [-0.2, -0.15) is 4.98 Å². The zero-order valence-electron chi connectivity index (χ0n) is 8.36. The van der Waals surface area contributed by atoms with E-state index in [1.54, 1.807) is 17.4 Å². The van der Waals surface area contributed by atoms with Gasteiger partial charge in [-0.25, -0.2) is 4.98 Å². The Labute approximate surface area is 91.8 Å². The first-order valence-corrected chi connectivity index (χ1v) is 5.29. The molecule has 2 heterocycles. The summed E-state index contributed by atoms with van der Waals surface area (Å²) in [5.74, 6) is 1.73. The highest BCUT2D eigenvalue weighted by Gasteiger charge is 2.08. The fourth-order valence-corrected chi connectivity index (χ4v) is 1.94. The van der Waals surface area contributed by atoms with E-state index in [1.807, 2.05) is 18.4 Å². The van der Waals surface area contributed by atoms with E-state index in [-0.39, 0.29) is 0 Å². The lowest BCUT2D eigenvalue weighted by Crippen LogP contribution is -1.96. The maximum atomic E-state index is 5.46. The van der Waals surface area contributed by atoms with Crippen LogP contribution in [0.25, 0.3) is 10.2 Å². The van der Waals surface area contributed by atoms with E-state index in [4.69, 9.17) is 4.74 Å². The third-order valence-electron chi connectivity index (χ3n) is 1.84. The molecule has 0 N–H and O–H groups in total. The zero-order chi connectivity index (χ0) is 10.8. The molecule has 0 unspecified atom stereocenters. The lowest BCUT2D eigenvalue weighted by atomic mass is 10.4. The lowest BCUT2D eigenvalue weighted by Gasteiger charge is -2.05. The maximum Gasteiger partial charge on any atom is 0.240 e. The van der Waals surface area contributed by atoms with Gasteiger partial charge in [0.1, 0.15) is 16.3 Å². The molecule has 0 amide bonds. The standard InChI is InChI=1S/C11H10N2OS/c1-4-7(2)14-11-10-9(5-6-15-10)12-8(3)13-11/h4-6H,1-2H2,3H3. The summed E-state index contributed by atoms with van der Waals surface area (Å²) in [4.78, 5) is 8.52. The van der Waals surface area contributed by atoms with Crippen LogP contribution in [-0.4, -0.2) is 9.97 Å². The van der Waals surface area contributed by atoms with E-state index in [0.717, 1.165) is 10.2 Å². The number of thiophene rings is 1. The molecule has 0 saturated carbocycles. The normalized spacial score (nSPS) is 10.2. The Balaban J connectivity index is 2.53. The molecule has 0 saturated heterocycles. The van der Waals surface area contributed by atoms with Gasteiger partial charge in [0.15, 0.2) is 0 Å². The van der Waals surface area contributed by atoms with Crippen molar-refractivity contribution < 1.29 is 4.74 Å². The summed E-state index contributed by atoms with van der Waals surface area (Å²) < 4.78 is 6.40. The fourth-order valence-electron chi connectivity index (χ4n) is 1.18. The SMILES string of the molecule is C=CC(=C)Oc1nc(C)nc2ccsc12.